The van der Waals surface area contributed by atoms with Crippen molar-refractivity contribution in [3.8, 4) is 11.3 Å². The van der Waals surface area contributed by atoms with Gasteiger partial charge in [-0.3, -0.25) is 0 Å². The first-order valence-corrected chi connectivity index (χ1v) is 5.44. The zero-order valence-corrected chi connectivity index (χ0v) is 8.87. The van der Waals surface area contributed by atoms with E-state index in [-0.39, 0.29) is 0 Å². The Morgan fingerprint density at radius 2 is 2.07 bits per heavy atom. The van der Waals surface area contributed by atoms with Crippen molar-refractivity contribution in [3.05, 3.63) is 41.1 Å². The van der Waals surface area contributed by atoms with Crippen molar-refractivity contribution < 1.29 is 4.52 Å². The minimum Gasteiger partial charge on any atom is -0.344 e. The van der Waals surface area contributed by atoms with Crippen LogP contribution in [0.15, 0.2) is 34.9 Å². The zero-order chi connectivity index (χ0) is 10.3. The molecule has 1 saturated carbocycles. The molecule has 0 unspecified atom stereocenters. The second kappa shape index (κ2) is 3.38. The van der Waals surface area contributed by atoms with Gasteiger partial charge in [0.25, 0.3) is 0 Å². The molecule has 0 N–H and O–H groups in total. The lowest BCUT2D eigenvalue weighted by Gasteiger charge is -2.03. The summed E-state index contributed by atoms with van der Waals surface area (Å²) in [6.45, 7) is 0. The summed E-state index contributed by atoms with van der Waals surface area (Å²) in [4.78, 5) is 0. The molecule has 1 heterocycles. The summed E-state index contributed by atoms with van der Waals surface area (Å²) in [6.07, 6.45) is 2.56. The molecular formula is C12H10ClNO. The first-order valence-electron chi connectivity index (χ1n) is 5.06. The molecule has 3 heteroatoms. The van der Waals surface area contributed by atoms with Gasteiger partial charge in [0.1, 0.15) is 5.69 Å². The van der Waals surface area contributed by atoms with E-state index in [1.165, 1.54) is 18.4 Å². The van der Waals surface area contributed by atoms with Crippen molar-refractivity contribution in [2.24, 2.45) is 0 Å². The van der Waals surface area contributed by atoms with Gasteiger partial charge in [0.15, 0.2) is 0 Å². The van der Waals surface area contributed by atoms with Gasteiger partial charge in [-0.05, 0) is 35.9 Å². The molecule has 0 bridgehead atoms. The van der Waals surface area contributed by atoms with Crippen LogP contribution in [0.4, 0.5) is 0 Å². The van der Waals surface area contributed by atoms with Crippen molar-refractivity contribution in [3.63, 3.8) is 0 Å². The molecule has 1 aromatic carbocycles. The summed E-state index contributed by atoms with van der Waals surface area (Å²) in [7, 11) is 0. The third kappa shape index (κ3) is 1.65. The Kier molecular flexibility index (Phi) is 2.03. The van der Waals surface area contributed by atoms with E-state index in [0.717, 1.165) is 11.3 Å². The standard InChI is InChI=1S/C12H10ClNO/c13-12-7-11(14-15-12)10-4-2-1-3-9(10)8-5-6-8/h1-4,7-8H,5-6H2. The van der Waals surface area contributed by atoms with Crippen molar-refractivity contribution in [1.82, 2.24) is 5.16 Å². The van der Waals surface area contributed by atoms with Gasteiger partial charge in [0.05, 0.1) is 0 Å². The quantitative estimate of drug-likeness (QED) is 0.766. The Balaban J connectivity index is 2.10. The fourth-order valence-corrected chi connectivity index (χ4v) is 2.00. The molecule has 1 aromatic heterocycles. The number of nitrogens with zero attached hydrogens (tertiary/aromatic N) is 1. The first kappa shape index (κ1) is 8.98. The molecule has 2 nitrogen and oxygen atoms in total. The Hall–Kier alpha value is -1.28. The maximum atomic E-state index is 5.73. The van der Waals surface area contributed by atoms with E-state index >= 15 is 0 Å². The van der Waals surface area contributed by atoms with Crippen molar-refractivity contribution in [2.75, 3.05) is 0 Å². The highest BCUT2D eigenvalue weighted by molar-refractivity contribution is 6.29. The predicted molar refractivity (Wildman–Crippen MR) is 58.9 cm³/mol. The van der Waals surface area contributed by atoms with Crippen molar-refractivity contribution >= 4 is 11.6 Å². The largest absolute Gasteiger partial charge is 0.344 e. The number of hydrogen-bond acceptors (Lipinski definition) is 2. The topological polar surface area (TPSA) is 26.0 Å². The van der Waals surface area contributed by atoms with E-state index in [0.29, 0.717) is 11.1 Å². The molecule has 15 heavy (non-hydrogen) atoms. The molecule has 3 rings (SSSR count). The van der Waals surface area contributed by atoms with Gasteiger partial charge in [-0.15, -0.1) is 0 Å². The van der Waals surface area contributed by atoms with Gasteiger partial charge in [-0.25, -0.2) is 0 Å². The van der Waals surface area contributed by atoms with Crippen LogP contribution in [0.1, 0.15) is 24.3 Å². The Bertz CT molecular complexity index is 488. The SMILES string of the molecule is Clc1cc(-c2ccccc2C2CC2)no1. The average Bonchev–Trinajstić information content (AvgIpc) is 3.02. The van der Waals surface area contributed by atoms with Gasteiger partial charge >= 0.3 is 0 Å². The molecule has 1 fully saturated rings. The third-order valence-corrected chi connectivity index (χ3v) is 2.91. The smallest absolute Gasteiger partial charge is 0.226 e. The summed E-state index contributed by atoms with van der Waals surface area (Å²) in [6, 6.07) is 10.1. The monoisotopic (exact) mass is 219 g/mol. The van der Waals surface area contributed by atoms with E-state index in [4.69, 9.17) is 16.1 Å². The lowest BCUT2D eigenvalue weighted by atomic mass is 10.0. The van der Waals surface area contributed by atoms with E-state index in [1.54, 1.807) is 6.07 Å². The van der Waals surface area contributed by atoms with Crippen LogP contribution in [0, 0.1) is 0 Å². The summed E-state index contributed by atoms with van der Waals surface area (Å²) in [5, 5.41) is 4.29. The highest BCUT2D eigenvalue weighted by Crippen LogP contribution is 2.44. The molecule has 2 aromatic rings. The molecule has 0 saturated heterocycles. The van der Waals surface area contributed by atoms with Crippen LogP contribution >= 0.6 is 11.6 Å². The zero-order valence-electron chi connectivity index (χ0n) is 8.11. The second-order valence-corrected chi connectivity index (χ2v) is 4.25. The Morgan fingerprint density at radius 1 is 1.27 bits per heavy atom. The Morgan fingerprint density at radius 3 is 2.73 bits per heavy atom. The van der Waals surface area contributed by atoms with Gasteiger partial charge in [-0.1, -0.05) is 29.4 Å². The van der Waals surface area contributed by atoms with Crippen molar-refractivity contribution in [2.45, 2.75) is 18.8 Å². The third-order valence-electron chi connectivity index (χ3n) is 2.74. The highest BCUT2D eigenvalue weighted by atomic mass is 35.5. The first-order chi connectivity index (χ1) is 7.34. The molecule has 0 aliphatic heterocycles. The Labute approximate surface area is 92.8 Å². The highest BCUT2D eigenvalue weighted by Gasteiger charge is 2.26. The van der Waals surface area contributed by atoms with Crippen LogP contribution < -0.4 is 0 Å². The maximum absolute atomic E-state index is 5.73. The molecule has 0 atom stereocenters. The van der Waals surface area contributed by atoms with Crippen LogP contribution in [0.5, 0.6) is 0 Å². The average molecular weight is 220 g/mol. The molecule has 1 aliphatic rings. The van der Waals surface area contributed by atoms with Crippen LogP contribution in [-0.4, -0.2) is 5.16 Å². The predicted octanol–water partition coefficient (Wildman–Crippen LogP) is 3.87. The van der Waals surface area contributed by atoms with E-state index < -0.39 is 0 Å². The van der Waals surface area contributed by atoms with Crippen LogP contribution in [0.25, 0.3) is 11.3 Å². The van der Waals surface area contributed by atoms with Gasteiger partial charge < -0.3 is 4.52 Å². The summed E-state index contributed by atoms with van der Waals surface area (Å²) in [5.74, 6) is 0.705. The number of hydrogen-bond donors (Lipinski definition) is 0. The number of benzene rings is 1. The molecule has 1 aliphatic carbocycles. The van der Waals surface area contributed by atoms with E-state index in [9.17, 15) is 0 Å². The fourth-order valence-electron chi connectivity index (χ4n) is 1.86. The molecule has 0 amide bonds. The summed E-state index contributed by atoms with van der Waals surface area (Å²) >= 11 is 5.73. The lowest BCUT2D eigenvalue weighted by molar-refractivity contribution is 0.424. The van der Waals surface area contributed by atoms with Crippen LogP contribution in [0.3, 0.4) is 0 Å². The second-order valence-electron chi connectivity index (χ2n) is 3.88. The minimum absolute atomic E-state index is 0.343. The van der Waals surface area contributed by atoms with Gasteiger partial charge in [-0.2, -0.15) is 0 Å². The summed E-state index contributed by atoms with van der Waals surface area (Å²) in [5.41, 5.74) is 3.35. The van der Waals surface area contributed by atoms with Gasteiger partial charge in [0.2, 0.25) is 5.22 Å². The molecule has 76 valence electrons. The summed E-state index contributed by atoms with van der Waals surface area (Å²) < 4.78 is 4.89. The fraction of sp³-hybridized carbons (Fsp3) is 0.250. The molecule has 0 spiro atoms. The number of aromatic nitrogens is 1. The lowest BCUT2D eigenvalue weighted by Crippen LogP contribution is -1.86. The minimum atomic E-state index is 0.343. The number of halogens is 1. The maximum Gasteiger partial charge on any atom is 0.226 e. The molecule has 0 radical (unpaired) electrons. The van der Waals surface area contributed by atoms with E-state index in [1.807, 2.05) is 6.07 Å². The van der Waals surface area contributed by atoms with Crippen LogP contribution in [0.2, 0.25) is 5.22 Å². The van der Waals surface area contributed by atoms with Crippen molar-refractivity contribution in [1.29, 1.82) is 0 Å². The normalized spacial score (nSPS) is 15.5. The molecular weight excluding hydrogens is 210 g/mol. The van der Waals surface area contributed by atoms with Crippen LogP contribution in [-0.2, 0) is 0 Å². The van der Waals surface area contributed by atoms with Gasteiger partial charge in [0, 0.05) is 11.6 Å². The number of rotatable bonds is 2. The van der Waals surface area contributed by atoms with E-state index in [2.05, 4.69) is 23.4 Å².